The van der Waals surface area contributed by atoms with Gasteiger partial charge in [0, 0.05) is 6.54 Å². The number of carbonyl (C=O) groups is 1. The second-order valence-corrected chi connectivity index (χ2v) is 10.1. The average Bonchev–Trinajstić information content (AvgIpc) is 2.92. The molecule has 0 spiro atoms. The molecule has 1 amide bonds. The zero-order chi connectivity index (χ0) is 24.3. The Labute approximate surface area is 205 Å². The fourth-order valence-electron chi connectivity index (χ4n) is 3.49. The van der Waals surface area contributed by atoms with Gasteiger partial charge in [-0.3, -0.25) is 4.57 Å². The van der Waals surface area contributed by atoms with E-state index in [9.17, 15) is 9.36 Å². The lowest BCUT2D eigenvalue weighted by molar-refractivity contribution is 0.138. The lowest BCUT2D eigenvalue weighted by Crippen LogP contribution is -2.34. The van der Waals surface area contributed by atoms with Crippen LogP contribution in [0.2, 0.25) is 0 Å². The van der Waals surface area contributed by atoms with E-state index in [0.717, 1.165) is 11.1 Å². The molecule has 0 aromatic heterocycles. The molecular weight excluding hydrogens is 459 g/mol. The summed E-state index contributed by atoms with van der Waals surface area (Å²) < 4.78 is 26.0. The summed E-state index contributed by atoms with van der Waals surface area (Å²) in [6, 6.07) is 37.0. The Morgan fingerprint density at radius 2 is 1.23 bits per heavy atom. The minimum absolute atomic E-state index is 0.0927. The molecule has 6 nitrogen and oxygen atoms in total. The van der Waals surface area contributed by atoms with Gasteiger partial charge in [-0.15, -0.1) is 0 Å². The lowest BCUT2D eigenvalue weighted by atomic mass is 10.2. The van der Waals surface area contributed by atoms with Crippen LogP contribution in [0.4, 0.5) is 4.79 Å². The molecule has 4 aromatic carbocycles. The van der Waals surface area contributed by atoms with E-state index in [1.54, 1.807) is 36.4 Å². The van der Waals surface area contributed by atoms with Gasteiger partial charge in [0.05, 0.1) is 0 Å². The molecule has 178 valence electrons. The molecule has 0 aliphatic heterocycles. The standard InChI is InChI=1S/C28H27N2O4P/c31-28(33-22-24-15-7-2-8-16-24)30-27(25-17-9-3-10-18-25)35(32,34-26-19-11-4-12-20-26)29-21-23-13-5-1-6-14-23/h1-20,27H,21-22H2,(H,29,32)(H,30,31)/t27-,35?/m0/s1. The normalized spacial score (nSPS) is 13.3. The molecule has 0 radical (unpaired) electrons. The second-order valence-electron chi connectivity index (χ2n) is 7.84. The number of benzene rings is 4. The highest BCUT2D eigenvalue weighted by molar-refractivity contribution is 7.57. The quantitative estimate of drug-likeness (QED) is 0.245. The lowest BCUT2D eigenvalue weighted by Gasteiger charge is -2.29. The van der Waals surface area contributed by atoms with Crippen molar-refractivity contribution in [1.29, 1.82) is 0 Å². The zero-order valence-electron chi connectivity index (χ0n) is 19.1. The van der Waals surface area contributed by atoms with Crippen LogP contribution in [0.15, 0.2) is 121 Å². The van der Waals surface area contributed by atoms with E-state index in [0.29, 0.717) is 11.3 Å². The van der Waals surface area contributed by atoms with Crippen molar-refractivity contribution in [2.45, 2.75) is 18.9 Å². The summed E-state index contributed by atoms with van der Waals surface area (Å²) >= 11 is 0. The third-order valence-electron chi connectivity index (χ3n) is 5.25. The number of ether oxygens (including phenoxy) is 1. The molecule has 0 aliphatic rings. The van der Waals surface area contributed by atoms with E-state index >= 15 is 0 Å². The maximum Gasteiger partial charge on any atom is 0.408 e. The number of amides is 1. The second kappa shape index (κ2) is 12.0. The van der Waals surface area contributed by atoms with Crippen molar-refractivity contribution in [1.82, 2.24) is 10.4 Å². The van der Waals surface area contributed by atoms with Gasteiger partial charge in [-0.05, 0) is 28.8 Å². The highest BCUT2D eigenvalue weighted by Gasteiger charge is 2.39. The van der Waals surface area contributed by atoms with Crippen molar-refractivity contribution < 1.29 is 18.6 Å². The van der Waals surface area contributed by atoms with Crippen LogP contribution < -0.4 is 14.9 Å². The van der Waals surface area contributed by atoms with Gasteiger partial charge < -0.3 is 14.6 Å². The molecule has 0 fully saturated rings. The first-order valence-corrected chi connectivity index (χ1v) is 13.0. The Morgan fingerprint density at radius 3 is 1.83 bits per heavy atom. The van der Waals surface area contributed by atoms with Crippen molar-refractivity contribution in [2.75, 3.05) is 0 Å². The van der Waals surface area contributed by atoms with Gasteiger partial charge in [0.15, 0.2) is 5.78 Å². The Bertz CT molecular complexity index is 1240. The molecule has 35 heavy (non-hydrogen) atoms. The average molecular weight is 487 g/mol. The number of alkyl carbamates (subject to hydrolysis) is 1. The molecule has 7 heteroatoms. The first kappa shape index (κ1) is 24.3. The smallest absolute Gasteiger partial charge is 0.408 e. The summed E-state index contributed by atoms with van der Waals surface area (Å²) in [7, 11) is -3.75. The maximum atomic E-state index is 14.5. The largest absolute Gasteiger partial charge is 0.445 e. The van der Waals surface area contributed by atoms with Crippen LogP contribution in [0.5, 0.6) is 5.75 Å². The van der Waals surface area contributed by atoms with E-state index in [-0.39, 0.29) is 13.2 Å². The number of carbonyl (C=O) groups excluding carboxylic acids is 1. The Kier molecular flexibility index (Phi) is 8.34. The van der Waals surface area contributed by atoms with Gasteiger partial charge in [-0.25, -0.2) is 9.88 Å². The minimum atomic E-state index is -3.75. The van der Waals surface area contributed by atoms with Crippen LogP contribution in [-0.4, -0.2) is 6.09 Å². The third-order valence-corrected chi connectivity index (χ3v) is 7.44. The highest BCUT2D eigenvalue weighted by atomic mass is 31.2. The molecule has 0 bridgehead atoms. The first-order chi connectivity index (χ1) is 17.1. The van der Waals surface area contributed by atoms with E-state index in [1.807, 2.05) is 84.9 Å². The van der Waals surface area contributed by atoms with Gasteiger partial charge in [0.2, 0.25) is 0 Å². The summed E-state index contributed by atoms with van der Waals surface area (Å²) in [5.41, 5.74) is 2.41. The zero-order valence-corrected chi connectivity index (χ0v) is 20.0. The third kappa shape index (κ3) is 7.06. The number of hydrogen-bond donors (Lipinski definition) is 2. The number of nitrogens with one attached hydrogen (secondary N) is 2. The van der Waals surface area contributed by atoms with Crippen LogP contribution in [0.3, 0.4) is 0 Å². The predicted molar refractivity (Wildman–Crippen MR) is 137 cm³/mol. The SMILES string of the molecule is O=C(N[C@H](c1ccccc1)P(=O)(NCc1ccccc1)Oc1ccccc1)OCc1ccccc1. The molecule has 0 saturated carbocycles. The number of para-hydroxylation sites is 1. The van der Waals surface area contributed by atoms with E-state index < -0.39 is 19.4 Å². The van der Waals surface area contributed by atoms with Crippen molar-refractivity contribution in [3.63, 3.8) is 0 Å². The van der Waals surface area contributed by atoms with E-state index in [4.69, 9.17) is 9.26 Å². The van der Waals surface area contributed by atoms with Gasteiger partial charge in [0.25, 0.3) is 0 Å². The monoisotopic (exact) mass is 486 g/mol. The number of rotatable bonds is 10. The van der Waals surface area contributed by atoms with Crippen molar-refractivity contribution in [3.8, 4) is 5.75 Å². The Hall–Kier alpha value is -3.86. The van der Waals surface area contributed by atoms with Crippen molar-refractivity contribution in [3.05, 3.63) is 138 Å². The van der Waals surface area contributed by atoms with Crippen LogP contribution in [-0.2, 0) is 22.5 Å². The highest BCUT2D eigenvalue weighted by Crippen LogP contribution is 2.55. The molecular formula is C28H27N2O4P. The number of hydrogen-bond acceptors (Lipinski definition) is 4. The molecule has 2 atom stereocenters. The Balaban J connectivity index is 1.61. The summed E-state index contributed by atoms with van der Waals surface area (Å²) in [6.45, 7) is 0.379. The van der Waals surface area contributed by atoms with Crippen LogP contribution in [0.25, 0.3) is 0 Å². The molecule has 4 aromatic rings. The van der Waals surface area contributed by atoms with Gasteiger partial charge >= 0.3 is 13.6 Å². The van der Waals surface area contributed by atoms with Crippen LogP contribution in [0, 0.1) is 0 Å². The maximum absolute atomic E-state index is 14.5. The summed E-state index contributed by atoms with van der Waals surface area (Å²) in [5.74, 6) is -0.562. The fourth-order valence-corrected chi connectivity index (χ4v) is 5.52. The van der Waals surface area contributed by atoms with Crippen LogP contribution in [0.1, 0.15) is 22.5 Å². The molecule has 1 unspecified atom stereocenters. The molecule has 0 aliphatic carbocycles. The summed E-state index contributed by atoms with van der Waals surface area (Å²) in [6.07, 6.45) is -0.693. The molecule has 0 heterocycles. The summed E-state index contributed by atoms with van der Waals surface area (Å²) in [4.78, 5) is 12.8. The fraction of sp³-hybridized carbons (Fsp3) is 0.107. The molecule has 0 saturated heterocycles. The van der Waals surface area contributed by atoms with E-state index in [2.05, 4.69) is 10.4 Å². The molecule has 4 rings (SSSR count). The molecule has 2 N–H and O–H groups in total. The van der Waals surface area contributed by atoms with Gasteiger partial charge in [0.1, 0.15) is 12.4 Å². The van der Waals surface area contributed by atoms with Gasteiger partial charge in [-0.1, -0.05) is 109 Å². The van der Waals surface area contributed by atoms with Crippen LogP contribution >= 0.6 is 7.52 Å². The summed E-state index contributed by atoms with van der Waals surface area (Å²) in [5, 5.41) is 5.89. The minimum Gasteiger partial charge on any atom is -0.445 e. The van der Waals surface area contributed by atoms with Gasteiger partial charge in [-0.2, -0.15) is 0 Å². The first-order valence-electron chi connectivity index (χ1n) is 11.3. The van der Waals surface area contributed by atoms with E-state index in [1.165, 1.54) is 0 Å². The predicted octanol–water partition coefficient (Wildman–Crippen LogP) is 6.67. The topological polar surface area (TPSA) is 76.7 Å². The van der Waals surface area contributed by atoms with Crippen molar-refractivity contribution >= 4 is 13.6 Å². The van der Waals surface area contributed by atoms with Crippen molar-refractivity contribution in [2.24, 2.45) is 0 Å². The Morgan fingerprint density at radius 1 is 0.714 bits per heavy atom.